The lowest BCUT2D eigenvalue weighted by Gasteiger charge is -2.46. The predicted molar refractivity (Wildman–Crippen MR) is 81.3 cm³/mol. The Morgan fingerprint density at radius 1 is 1.24 bits per heavy atom. The molecule has 1 heterocycles. The smallest absolute Gasteiger partial charge is 0.247 e. The van der Waals surface area contributed by atoms with Gasteiger partial charge >= 0.3 is 0 Å². The molecule has 116 valence electrons. The average molecular weight is 312 g/mol. The lowest BCUT2D eigenvalue weighted by atomic mass is 9.96. The summed E-state index contributed by atoms with van der Waals surface area (Å²) in [6.07, 6.45) is 0. The maximum Gasteiger partial charge on any atom is 0.247 e. The number of hydrogen-bond donors (Lipinski definition) is 2. The van der Waals surface area contributed by atoms with E-state index in [1.54, 1.807) is 18.0 Å². The highest BCUT2D eigenvalue weighted by Crippen LogP contribution is 2.33. The summed E-state index contributed by atoms with van der Waals surface area (Å²) >= 11 is 0. The van der Waals surface area contributed by atoms with Gasteiger partial charge in [-0.3, -0.25) is 4.79 Å². The number of amides is 1. The minimum atomic E-state index is -3.79. The number of nitrogens with zero attached hydrogens (tertiary/aromatic N) is 2. The van der Waals surface area contributed by atoms with Gasteiger partial charge in [0.05, 0.1) is 16.3 Å². The van der Waals surface area contributed by atoms with Crippen LogP contribution in [0.2, 0.25) is 0 Å². The predicted octanol–water partition coefficient (Wildman–Crippen LogP) is -0.0268. The van der Waals surface area contributed by atoms with Crippen LogP contribution < -0.4 is 15.8 Å². The number of carbonyl (C=O) groups is 1. The van der Waals surface area contributed by atoms with Crippen LogP contribution in [0.15, 0.2) is 23.1 Å². The van der Waals surface area contributed by atoms with Gasteiger partial charge in [-0.05, 0) is 32.0 Å². The van der Waals surface area contributed by atoms with Gasteiger partial charge in [-0.15, -0.1) is 0 Å². The van der Waals surface area contributed by atoms with Crippen molar-refractivity contribution < 1.29 is 13.2 Å². The standard InChI is InChI=1S/C13H20N4O3S/c1-13(2)12(18)16(3)6-7-17(13)11-5-4-9(8-10(11)14)21(15,19)20/h4-5,8H,6-7,14H2,1-3H3,(H2,15,19,20). The summed E-state index contributed by atoms with van der Waals surface area (Å²) in [5, 5.41) is 5.09. The van der Waals surface area contributed by atoms with E-state index < -0.39 is 15.6 Å². The van der Waals surface area contributed by atoms with Crippen LogP contribution in [0.3, 0.4) is 0 Å². The fraction of sp³-hybridized carbons (Fsp3) is 0.462. The van der Waals surface area contributed by atoms with Crippen molar-refractivity contribution in [1.29, 1.82) is 0 Å². The van der Waals surface area contributed by atoms with Crippen LogP contribution in [0.4, 0.5) is 11.4 Å². The van der Waals surface area contributed by atoms with Gasteiger partial charge in [-0.25, -0.2) is 13.6 Å². The van der Waals surface area contributed by atoms with Gasteiger partial charge in [0.2, 0.25) is 15.9 Å². The SMILES string of the molecule is CN1CCN(c2ccc(S(N)(=O)=O)cc2N)C(C)(C)C1=O. The third-order valence-electron chi connectivity index (χ3n) is 3.82. The maximum atomic E-state index is 12.3. The zero-order valence-electron chi connectivity index (χ0n) is 12.3. The van der Waals surface area contributed by atoms with Crippen LogP contribution >= 0.6 is 0 Å². The lowest BCUT2D eigenvalue weighted by molar-refractivity contribution is -0.136. The minimum absolute atomic E-state index is 0.0105. The molecule has 21 heavy (non-hydrogen) atoms. The molecule has 8 heteroatoms. The van der Waals surface area contributed by atoms with E-state index in [4.69, 9.17) is 10.9 Å². The Balaban J connectivity index is 2.45. The molecule has 0 aliphatic carbocycles. The van der Waals surface area contributed by atoms with Crippen molar-refractivity contribution in [2.24, 2.45) is 5.14 Å². The number of likely N-dealkylation sites (N-methyl/N-ethyl adjacent to an activating group) is 1. The Morgan fingerprint density at radius 2 is 1.86 bits per heavy atom. The molecule has 4 N–H and O–H groups in total. The van der Waals surface area contributed by atoms with Gasteiger partial charge in [-0.1, -0.05) is 0 Å². The molecule has 1 aliphatic heterocycles. The molecule has 1 aliphatic rings. The van der Waals surface area contributed by atoms with Crippen LogP contribution in [0.25, 0.3) is 0 Å². The molecule has 0 atom stereocenters. The Bertz CT molecular complexity index is 685. The number of piperazine rings is 1. The summed E-state index contributed by atoms with van der Waals surface area (Å²) in [4.78, 5) is 15.8. The number of sulfonamides is 1. The quantitative estimate of drug-likeness (QED) is 0.745. The molecule has 1 saturated heterocycles. The Morgan fingerprint density at radius 3 is 2.38 bits per heavy atom. The molecule has 0 bridgehead atoms. The first-order valence-electron chi connectivity index (χ1n) is 6.50. The minimum Gasteiger partial charge on any atom is -0.397 e. The Hall–Kier alpha value is -1.80. The number of benzene rings is 1. The van der Waals surface area contributed by atoms with Crippen molar-refractivity contribution in [2.45, 2.75) is 24.3 Å². The topological polar surface area (TPSA) is 110 Å². The number of rotatable bonds is 2. The van der Waals surface area contributed by atoms with Gasteiger partial charge in [-0.2, -0.15) is 0 Å². The molecule has 0 aromatic heterocycles. The molecular formula is C13H20N4O3S. The van der Waals surface area contributed by atoms with Crippen LogP contribution in [0.1, 0.15) is 13.8 Å². The molecular weight excluding hydrogens is 292 g/mol. The summed E-state index contributed by atoms with van der Waals surface area (Å²) in [5.74, 6) is -0.0105. The summed E-state index contributed by atoms with van der Waals surface area (Å²) in [6, 6.07) is 4.32. The highest BCUT2D eigenvalue weighted by atomic mass is 32.2. The van der Waals surface area contributed by atoms with E-state index in [0.29, 0.717) is 18.8 Å². The van der Waals surface area contributed by atoms with Crippen molar-refractivity contribution in [1.82, 2.24) is 4.90 Å². The van der Waals surface area contributed by atoms with E-state index in [9.17, 15) is 13.2 Å². The summed E-state index contributed by atoms with van der Waals surface area (Å²) < 4.78 is 22.7. The third kappa shape index (κ3) is 2.68. The normalized spacial score (nSPS) is 19.0. The number of hydrogen-bond acceptors (Lipinski definition) is 5. The molecule has 1 aromatic carbocycles. The first-order chi connectivity index (χ1) is 9.55. The zero-order valence-corrected chi connectivity index (χ0v) is 13.1. The lowest BCUT2D eigenvalue weighted by Crippen LogP contribution is -2.62. The highest BCUT2D eigenvalue weighted by molar-refractivity contribution is 7.89. The van der Waals surface area contributed by atoms with Crippen molar-refractivity contribution >= 4 is 27.3 Å². The summed E-state index contributed by atoms with van der Waals surface area (Å²) in [5.41, 5.74) is 6.14. The fourth-order valence-electron chi connectivity index (χ4n) is 2.59. The first-order valence-corrected chi connectivity index (χ1v) is 8.05. The molecule has 1 fully saturated rings. The van der Waals surface area contributed by atoms with Gasteiger partial charge in [0.1, 0.15) is 5.54 Å². The van der Waals surface area contributed by atoms with E-state index in [0.717, 1.165) is 0 Å². The van der Waals surface area contributed by atoms with Crippen molar-refractivity contribution in [3.63, 3.8) is 0 Å². The van der Waals surface area contributed by atoms with Crippen molar-refractivity contribution in [3.8, 4) is 0 Å². The maximum absolute atomic E-state index is 12.3. The second kappa shape index (κ2) is 4.88. The summed E-state index contributed by atoms with van der Waals surface area (Å²) in [6.45, 7) is 4.84. The van der Waals surface area contributed by atoms with Crippen LogP contribution in [-0.2, 0) is 14.8 Å². The van der Waals surface area contributed by atoms with Gasteiger partial charge in [0, 0.05) is 20.1 Å². The Labute approximate surface area is 124 Å². The summed E-state index contributed by atoms with van der Waals surface area (Å²) in [7, 11) is -2.04. The van der Waals surface area contributed by atoms with Crippen LogP contribution in [-0.4, -0.2) is 44.9 Å². The van der Waals surface area contributed by atoms with E-state index in [2.05, 4.69) is 0 Å². The molecule has 0 spiro atoms. The second-order valence-corrected chi connectivity index (χ2v) is 7.26. The molecule has 1 aromatic rings. The van der Waals surface area contributed by atoms with Crippen molar-refractivity contribution in [3.05, 3.63) is 18.2 Å². The van der Waals surface area contributed by atoms with Gasteiger partial charge in [0.15, 0.2) is 0 Å². The number of carbonyl (C=O) groups excluding carboxylic acids is 1. The van der Waals surface area contributed by atoms with Crippen molar-refractivity contribution in [2.75, 3.05) is 30.8 Å². The monoisotopic (exact) mass is 312 g/mol. The van der Waals surface area contributed by atoms with E-state index in [1.165, 1.54) is 12.1 Å². The number of nitrogen functional groups attached to an aromatic ring is 1. The molecule has 0 saturated carbocycles. The number of anilines is 2. The number of nitrogens with two attached hydrogens (primary N) is 2. The Kier molecular flexibility index (Phi) is 3.63. The largest absolute Gasteiger partial charge is 0.397 e. The highest BCUT2D eigenvalue weighted by Gasteiger charge is 2.41. The molecule has 1 amide bonds. The molecule has 2 rings (SSSR count). The van der Waals surface area contributed by atoms with Gasteiger partial charge in [0.25, 0.3) is 0 Å². The molecule has 0 unspecified atom stereocenters. The average Bonchev–Trinajstić information content (AvgIpc) is 2.36. The molecule has 7 nitrogen and oxygen atoms in total. The van der Waals surface area contributed by atoms with Gasteiger partial charge < -0.3 is 15.5 Å². The number of primary sulfonamides is 1. The molecule has 0 radical (unpaired) electrons. The van der Waals surface area contributed by atoms with E-state index >= 15 is 0 Å². The third-order valence-corrected chi connectivity index (χ3v) is 4.73. The van der Waals surface area contributed by atoms with Crippen LogP contribution in [0.5, 0.6) is 0 Å². The van der Waals surface area contributed by atoms with E-state index in [-0.39, 0.29) is 16.5 Å². The van der Waals surface area contributed by atoms with Crippen LogP contribution in [0, 0.1) is 0 Å². The zero-order chi connectivity index (χ0) is 16.0. The second-order valence-electron chi connectivity index (χ2n) is 5.70. The fourth-order valence-corrected chi connectivity index (χ4v) is 3.14. The first kappa shape index (κ1) is 15.6. The van der Waals surface area contributed by atoms with E-state index in [1.807, 2.05) is 18.7 Å².